The lowest BCUT2D eigenvalue weighted by molar-refractivity contribution is -0.174. The van der Waals surface area contributed by atoms with E-state index in [1.54, 1.807) is 0 Å². The van der Waals surface area contributed by atoms with E-state index in [1.165, 1.54) is 6.92 Å². The van der Waals surface area contributed by atoms with Crippen molar-refractivity contribution in [3.63, 3.8) is 0 Å². The summed E-state index contributed by atoms with van der Waals surface area (Å²) in [5.41, 5.74) is -1.26. The van der Waals surface area contributed by atoms with E-state index in [2.05, 4.69) is 9.72 Å². The van der Waals surface area contributed by atoms with Crippen molar-refractivity contribution >= 4 is 17.3 Å². The fourth-order valence-corrected chi connectivity index (χ4v) is 1.58. The van der Waals surface area contributed by atoms with Crippen LogP contribution in [-0.2, 0) is 21.6 Å². The second-order valence-electron chi connectivity index (χ2n) is 2.83. The number of thiazole rings is 1. The molecule has 0 aliphatic rings. The Morgan fingerprint density at radius 3 is 2.41 bits per heavy atom. The number of rotatable bonds is 3. The highest BCUT2D eigenvalue weighted by Crippen LogP contribution is 2.36. The molecule has 3 nitrogen and oxygen atoms in total. The first-order valence-electron chi connectivity index (χ1n) is 4.27. The number of alkyl halides is 5. The normalized spacial score (nSPS) is 12.6. The van der Waals surface area contributed by atoms with Gasteiger partial charge in [-0.1, -0.05) is 0 Å². The summed E-state index contributed by atoms with van der Waals surface area (Å²) in [7, 11) is 0. The molecule has 0 unspecified atom stereocenters. The maximum absolute atomic E-state index is 13.2. The van der Waals surface area contributed by atoms with E-state index >= 15 is 0 Å². The zero-order valence-electron chi connectivity index (χ0n) is 8.35. The number of hydrogen-bond acceptors (Lipinski definition) is 4. The number of nitrogens with zero attached hydrogens (tertiary/aromatic N) is 1. The third-order valence-electron chi connectivity index (χ3n) is 1.60. The highest BCUT2D eigenvalue weighted by molar-refractivity contribution is 7.09. The lowest BCUT2D eigenvalue weighted by Crippen LogP contribution is -2.28. The standard InChI is InChI=1S/C8H6F5NO2S/c1-2-16-6(15)7(9,10)4-3-17-5(14-4)8(11,12)13/h3H,2H2,1H3. The molecule has 1 rings (SSSR count). The monoisotopic (exact) mass is 275 g/mol. The van der Waals surface area contributed by atoms with Crippen molar-refractivity contribution in [1.82, 2.24) is 4.98 Å². The summed E-state index contributed by atoms with van der Waals surface area (Å²) in [6, 6.07) is 0. The molecule has 0 saturated carbocycles. The van der Waals surface area contributed by atoms with Gasteiger partial charge >= 0.3 is 18.1 Å². The lowest BCUT2D eigenvalue weighted by Gasteiger charge is -2.11. The molecule has 0 atom stereocenters. The van der Waals surface area contributed by atoms with Crippen molar-refractivity contribution in [2.45, 2.75) is 19.0 Å². The summed E-state index contributed by atoms with van der Waals surface area (Å²) < 4.78 is 66.9. The Hall–Kier alpha value is -1.25. The van der Waals surface area contributed by atoms with Gasteiger partial charge in [0.15, 0.2) is 5.01 Å². The van der Waals surface area contributed by atoms with E-state index < -0.39 is 28.8 Å². The molecule has 1 heterocycles. The van der Waals surface area contributed by atoms with Gasteiger partial charge < -0.3 is 4.74 Å². The average molecular weight is 275 g/mol. The number of esters is 1. The number of aromatic nitrogens is 1. The van der Waals surface area contributed by atoms with E-state index in [-0.39, 0.29) is 17.9 Å². The highest BCUT2D eigenvalue weighted by Gasteiger charge is 2.47. The van der Waals surface area contributed by atoms with Crippen LogP contribution in [0, 0.1) is 0 Å². The van der Waals surface area contributed by atoms with Gasteiger partial charge in [0.1, 0.15) is 5.69 Å². The van der Waals surface area contributed by atoms with E-state index in [9.17, 15) is 26.7 Å². The Morgan fingerprint density at radius 1 is 1.41 bits per heavy atom. The summed E-state index contributed by atoms with van der Waals surface area (Å²) in [6.07, 6.45) is -4.81. The van der Waals surface area contributed by atoms with E-state index in [0.717, 1.165) is 0 Å². The van der Waals surface area contributed by atoms with Crippen LogP contribution in [0.5, 0.6) is 0 Å². The lowest BCUT2D eigenvalue weighted by atomic mass is 10.2. The zero-order chi connectivity index (χ0) is 13.3. The minimum atomic E-state index is -4.81. The molecule has 0 spiro atoms. The minimum Gasteiger partial charge on any atom is -0.461 e. The molecule has 0 aliphatic heterocycles. The largest absolute Gasteiger partial charge is 0.461 e. The van der Waals surface area contributed by atoms with Crippen LogP contribution >= 0.6 is 11.3 Å². The molecule has 1 aromatic heterocycles. The Bertz CT molecular complexity index is 414. The molecule has 0 aliphatic carbocycles. The van der Waals surface area contributed by atoms with Crippen LogP contribution in [0.1, 0.15) is 17.6 Å². The van der Waals surface area contributed by atoms with Gasteiger partial charge in [-0.3, -0.25) is 0 Å². The molecule has 0 saturated heterocycles. The Kier molecular flexibility index (Phi) is 3.70. The first-order valence-corrected chi connectivity index (χ1v) is 5.15. The predicted octanol–water partition coefficient (Wildman–Crippen LogP) is 2.82. The van der Waals surface area contributed by atoms with Crippen LogP contribution in [-0.4, -0.2) is 17.6 Å². The van der Waals surface area contributed by atoms with Crippen molar-refractivity contribution in [3.8, 4) is 0 Å². The smallest absolute Gasteiger partial charge is 0.443 e. The van der Waals surface area contributed by atoms with Crippen molar-refractivity contribution in [1.29, 1.82) is 0 Å². The maximum atomic E-state index is 13.2. The fourth-order valence-electron chi connectivity index (χ4n) is 0.874. The first kappa shape index (κ1) is 13.8. The molecule has 9 heteroatoms. The SMILES string of the molecule is CCOC(=O)C(F)(F)c1csc(C(F)(F)F)n1. The summed E-state index contributed by atoms with van der Waals surface area (Å²) in [5.74, 6) is -6.09. The van der Waals surface area contributed by atoms with Gasteiger partial charge in [0.05, 0.1) is 6.61 Å². The van der Waals surface area contributed by atoms with Gasteiger partial charge in [-0.05, 0) is 6.92 Å². The summed E-state index contributed by atoms with van der Waals surface area (Å²) in [4.78, 5) is 13.5. The molecular formula is C8H6F5NO2S. The molecule has 17 heavy (non-hydrogen) atoms. The average Bonchev–Trinajstić information content (AvgIpc) is 2.66. The third kappa shape index (κ3) is 2.90. The fraction of sp³-hybridized carbons (Fsp3) is 0.500. The van der Waals surface area contributed by atoms with Gasteiger partial charge in [-0.25, -0.2) is 9.78 Å². The van der Waals surface area contributed by atoms with Gasteiger partial charge in [0.25, 0.3) is 0 Å². The van der Waals surface area contributed by atoms with E-state index in [0.29, 0.717) is 5.38 Å². The Morgan fingerprint density at radius 2 is 2.00 bits per heavy atom. The van der Waals surface area contributed by atoms with Crippen molar-refractivity contribution in [3.05, 3.63) is 16.1 Å². The topological polar surface area (TPSA) is 39.2 Å². The molecule has 0 bridgehead atoms. The third-order valence-corrected chi connectivity index (χ3v) is 2.49. The van der Waals surface area contributed by atoms with Crippen molar-refractivity contribution in [2.75, 3.05) is 6.61 Å². The second-order valence-corrected chi connectivity index (χ2v) is 3.69. The van der Waals surface area contributed by atoms with Crippen molar-refractivity contribution in [2.24, 2.45) is 0 Å². The molecule has 0 radical (unpaired) electrons. The van der Waals surface area contributed by atoms with E-state index in [1.807, 2.05) is 0 Å². The van der Waals surface area contributed by atoms with Gasteiger partial charge in [-0.2, -0.15) is 22.0 Å². The number of ether oxygens (including phenoxy) is 1. The molecule has 1 aromatic rings. The summed E-state index contributed by atoms with van der Waals surface area (Å²) in [5, 5.41) is -0.948. The van der Waals surface area contributed by atoms with Crippen LogP contribution < -0.4 is 0 Å². The summed E-state index contributed by atoms with van der Waals surface area (Å²) >= 11 is -0.00504. The van der Waals surface area contributed by atoms with Crippen LogP contribution in [0.4, 0.5) is 22.0 Å². The number of hydrogen-bond donors (Lipinski definition) is 0. The molecule has 0 N–H and O–H groups in total. The number of carbonyl (C=O) groups is 1. The minimum absolute atomic E-state index is 0.00504. The highest BCUT2D eigenvalue weighted by atomic mass is 32.1. The van der Waals surface area contributed by atoms with Gasteiger partial charge in [-0.15, -0.1) is 11.3 Å². The summed E-state index contributed by atoms with van der Waals surface area (Å²) in [6.45, 7) is 1.00. The Balaban J connectivity index is 3.00. The molecular weight excluding hydrogens is 269 g/mol. The molecule has 0 aromatic carbocycles. The number of halogens is 5. The van der Waals surface area contributed by atoms with Crippen LogP contribution in [0.25, 0.3) is 0 Å². The second kappa shape index (κ2) is 4.55. The zero-order valence-corrected chi connectivity index (χ0v) is 9.16. The molecule has 0 fully saturated rings. The molecule has 96 valence electrons. The first-order chi connectivity index (χ1) is 7.69. The van der Waals surface area contributed by atoms with E-state index in [4.69, 9.17) is 0 Å². The predicted molar refractivity (Wildman–Crippen MR) is 47.6 cm³/mol. The van der Waals surface area contributed by atoms with Gasteiger partial charge in [0.2, 0.25) is 0 Å². The van der Waals surface area contributed by atoms with Gasteiger partial charge in [0, 0.05) is 5.38 Å². The van der Waals surface area contributed by atoms with Crippen LogP contribution in [0.3, 0.4) is 0 Å². The molecule has 0 amide bonds. The quantitative estimate of drug-likeness (QED) is 0.629. The van der Waals surface area contributed by atoms with Crippen LogP contribution in [0.15, 0.2) is 5.38 Å². The van der Waals surface area contributed by atoms with Crippen LogP contribution in [0.2, 0.25) is 0 Å². The Labute approximate surface area is 96.2 Å². The maximum Gasteiger partial charge on any atom is 0.443 e. The van der Waals surface area contributed by atoms with Crippen molar-refractivity contribution < 1.29 is 31.5 Å². The number of carbonyl (C=O) groups excluding carboxylic acids is 1.